The zero-order valence-corrected chi connectivity index (χ0v) is 13.1. The predicted molar refractivity (Wildman–Crippen MR) is 88.0 cm³/mol. The zero-order valence-electron chi connectivity index (χ0n) is 13.1. The lowest BCUT2D eigenvalue weighted by Crippen LogP contribution is -2.38. The van der Waals surface area contributed by atoms with Crippen LogP contribution in [-0.2, 0) is 0 Å². The highest BCUT2D eigenvalue weighted by Gasteiger charge is 2.34. The number of hydrogen-bond acceptors (Lipinski definition) is 3. The van der Waals surface area contributed by atoms with Gasteiger partial charge in [-0.3, -0.25) is 0 Å². The van der Waals surface area contributed by atoms with Crippen molar-refractivity contribution in [2.75, 3.05) is 18.5 Å². The first-order valence-electron chi connectivity index (χ1n) is 8.59. The summed E-state index contributed by atoms with van der Waals surface area (Å²) in [6, 6.07) is 9.78. The Labute approximate surface area is 128 Å². The van der Waals surface area contributed by atoms with Crippen molar-refractivity contribution in [2.24, 2.45) is 5.92 Å². The molecular weight excluding hydrogens is 260 g/mol. The molecular formula is C18H28N2O. The van der Waals surface area contributed by atoms with E-state index in [4.69, 9.17) is 4.74 Å². The Morgan fingerprint density at radius 1 is 1.24 bits per heavy atom. The highest BCUT2D eigenvalue weighted by Crippen LogP contribution is 2.34. The summed E-state index contributed by atoms with van der Waals surface area (Å²) in [5.74, 6) is 1.77. The minimum absolute atomic E-state index is 0.613. The fourth-order valence-corrected chi connectivity index (χ4v) is 3.84. The maximum Gasteiger partial charge on any atom is 0.121 e. The van der Waals surface area contributed by atoms with Crippen LogP contribution in [0.3, 0.4) is 0 Å². The van der Waals surface area contributed by atoms with Crippen molar-refractivity contribution in [3.8, 4) is 5.75 Å². The summed E-state index contributed by atoms with van der Waals surface area (Å²) in [5.41, 5.74) is 1.21. The molecule has 3 unspecified atom stereocenters. The van der Waals surface area contributed by atoms with Crippen LogP contribution in [0.25, 0.3) is 0 Å². The zero-order chi connectivity index (χ0) is 14.5. The average molecular weight is 288 g/mol. The minimum atomic E-state index is 0.613. The molecule has 2 aliphatic rings. The van der Waals surface area contributed by atoms with Crippen molar-refractivity contribution in [1.82, 2.24) is 5.32 Å². The van der Waals surface area contributed by atoms with Crippen molar-refractivity contribution in [3.63, 3.8) is 0 Å². The molecule has 2 N–H and O–H groups in total. The van der Waals surface area contributed by atoms with Crippen molar-refractivity contribution in [1.29, 1.82) is 0 Å². The van der Waals surface area contributed by atoms with Gasteiger partial charge in [0.05, 0.1) is 6.61 Å². The Morgan fingerprint density at radius 3 is 3.00 bits per heavy atom. The molecule has 2 fully saturated rings. The Hall–Kier alpha value is -1.22. The van der Waals surface area contributed by atoms with Gasteiger partial charge < -0.3 is 15.4 Å². The lowest BCUT2D eigenvalue weighted by atomic mass is 9.93. The summed E-state index contributed by atoms with van der Waals surface area (Å²) >= 11 is 0. The average Bonchev–Trinajstić information content (AvgIpc) is 3.16. The van der Waals surface area contributed by atoms with Gasteiger partial charge in [0.1, 0.15) is 5.75 Å². The van der Waals surface area contributed by atoms with E-state index in [0.717, 1.165) is 30.7 Å². The molecule has 1 aliphatic carbocycles. The molecule has 0 radical (unpaired) electrons. The third kappa shape index (κ3) is 3.70. The number of anilines is 1. The van der Waals surface area contributed by atoms with E-state index in [2.05, 4.69) is 35.8 Å². The summed E-state index contributed by atoms with van der Waals surface area (Å²) < 4.78 is 5.73. The van der Waals surface area contributed by atoms with Gasteiger partial charge in [-0.1, -0.05) is 19.4 Å². The second-order valence-corrected chi connectivity index (χ2v) is 6.42. The van der Waals surface area contributed by atoms with E-state index in [-0.39, 0.29) is 0 Å². The molecule has 1 heterocycles. The fraction of sp³-hybridized carbons (Fsp3) is 0.667. The monoisotopic (exact) mass is 288 g/mol. The molecule has 0 aromatic heterocycles. The predicted octanol–water partition coefficient (Wildman–Crippen LogP) is 3.81. The maximum atomic E-state index is 5.73. The van der Waals surface area contributed by atoms with E-state index in [1.165, 1.54) is 44.3 Å². The molecule has 3 nitrogen and oxygen atoms in total. The normalized spacial score (nSPS) is 28.7. The van der Waals surface area contributed by atoms with E-state index < -0.39 is 0 Å². The van der Waals surface area contributed by atoms with Crippen LogP contribution in [-0.4, -0.2) is 25.2 Å². The topological polar surface area (TPSA) is 33.3 Å². The van der Waals surface area contributed by atoms with Crippen LogP contribution < -0.4 is 15.4 Å². The third-order valence-corrected chi connectivity index (χ3v) is 4.84. The molecule has 1 saturated heterocycles. The molecule has 0 spiro atoms. The molecule has 21 heavy (non-hydrogen) atoms. The van der Waals surface area contributed by atoms with Crippen LogP contribution in [0, 0.1) is 5.92 Å². The van der Waals surface area contributed by atoms with Gasteiger partial charge in [-0.2, -0.15) is 0 Å². The highest BCUT2D eigenvalue weighted by atomic mass is 16.5. The van der Waals surface area contributed by atoms with Crippen molar-refractivity contribution in [3.05, 3.63) is 24.3 Å². The fourth-order valence-electron chi connectivity index (χ4n) is 3.84. The Bertz CT molecular complexity index is 443. The Morgan fingerprint density at radius 2 is 2.19 bits per heavy atom. The molecule has 0 bridgehead atoms. The van der Waals surface area contributed by atoms with Gasteiger partial charge in [0.15, 0.2) is 0 Å². The molecule has 3 heteroatoms. The minimum Gasteiger partial charge on any atom is -0.494 e. The summed E-state index contributed by atoms with van der Waals surface area (Å²) in [7, 11) is 0. The summed E-state index contributed by atoms with van der Waals surface area (Å²) in [4.78, 5) is 0. The summed E-state index contributed by atoms with van der Waals surface area (Å²) in [6.07, 6.45) is 7.75. The molecule has 0 amide bonds. The molecule has 1 aromatic rings. The van der Waals surface area contributed by atoms with Crippen LogP contribution >= 0.6 is 0 Å². The van der Waals surface area contributed by atoms with Crippen molar-refractivity contribution in [2.45, 2.75) is 57.5 Å². The Kier molecular flexibility index (Phi) is 5.02. The molecule has 3 rings (SSSR count). The second-order valence-electron chi connectivity index (χ2n) is 6.42. The summed E-state index contributed by atoms with van der Waals surface area (Å²) in [5, 5.41) is 7.45. The maximum absolute atomic E-state index is 5.73. The molecule has 1 aliphatic heterocycles. The SMILES string of the molecule is CCCOc1cccc(NC2CCCC2C2CCCN2)c1. The molecule has 3 atom stereocenters. The van der Waals surface area contributed by atoms with Crippen LogP contribution in [0.2, 0.25) is 0 Å². The van der Waals surface area contributed by atoms with Gasteiger partial charge in [-0.05, 0) is 56.7 Å². The molecule has 1 aromatic carbocycles. The highest BCUT2D eigenvalue weighted by molar-refractivity contribution is 5.49. The van der Waals surface area contributed by atoms with Gasteiger partial charge in [-0.25, -0.2) is 0 Å². The smallest absolute Gasteiger partial charge is 0.121 e. The van der Waals surface area contributed by atoms with Gasteiger partial charge in [0, 0.05) is 23.8 Å². The standard InChI is InChI=1S/C18H28N2O/c1-2-12-21-15-7-3-6-14(13-15)20-18-9-4-8-16(18)17-10-5-11-19-17/h3,6-7,13,16-20H,2,4-5,8-12H2,1H3. The number of benzene rings is 1. The molecule has 1 saturated carbocycles. The lowest BCUT2D eigenvalue weighted by molar-refractivity contribution is 0.317. The quantitative estimate of drug-likeness (QED) is 0.835. The largest absolute Gasteiger partial charge is 0.494 e. The van der Waals surface area contributed by atoms with Gasteiger partial charge in [-0.15, -0.1) is 0 Å². The van der Waals surface area contributed by atoms with Crippen LogP contribution in [0.5, 0.6) is 5.75 Å². The number of rotatable bonds is 6. The van der Waals surface area contributed by atoms with Crippen molar-refractivity contribution >= 4 is 5.69 Å². The van der Waals surface area contributed by atoms with E-state index in [1.54, 1.807) is 0 Å². The lowest BCUT2D eigenvalue weighted by Gasteiger charge is -2.27. The first-order chi connectivity index (χ1) is 10.4. The van der Waals surface area contributed by atoms with Gasteiger partial charge in [0.2, 0.25) is 0 Å². The second kappa shape index (κ2) is 7.17. The first kappa shape index (κ1) is 14.7. The number of nitrogens with one attached hydrogen (secondary N) is 2. The van der Waals surface area contributed by atoms with Crippen molar-refractivity contribution < 1.29 is 4.74 Å². The van der Waals surface area contributed by atoms with Crippen LogP contribution in [0.4, 0.5) is 5.69 Å². The van der Waals surface area contributed by atoms with E-state index >= 15 is 0 Å². The molecule has 116 valence electrons. The number of hydrogen-bond donors (Lipinski definition) is 2. The first-order valence-corrected chi connectivity index (χ1v) is 8.59. The van der Waals surface area contributed by atoms with E-state index in [0.29, 0.717) is 6.04 Å². The van der Waals surface area contributed by atoms with Gasteiger partial charge >= 0.3 is 0 Å². The van der Waals surface area contributed by atoms with E-state index in [9.17, 15) is 0 Å². The van der Waals surface area contributed by atoms with Gasteiger partial charge in [0.25, 0.3) is 0 Å². The van der Waals surface area contributed by atoms with E-state index in [1.807, 2.05) is 6.07 Å². The number of ether oxygens (including phenoxy) is 1. The summed E-state index contributed by atoms with van der Waals surface area (Å²) in [6.45, 7) is 4.13. The Balaban J connectivity index is 1.62. The van der Waals surface area contributed by atoms with Crippen LogP contribution in [0.15, 0.2) is 24.3 Å². The van der Waals surface area contributed by atoms with Crippen LogP contribution in [0.1, 0.15) is 45.4 Å². The third-order valence-electron chi connectivity index (χ3n) is 4.84.